The fraction of sp³-hybridized carbons (Fsp3) is 0.0952. The predicted octanol–water partition coefficient (Wildman–Crippen LogP) is 7.81. The van der Waals surface area contributed by atoms with Gasteiger partial charge in [-0.1, -0.05) is 36.4 Å². The number of phenols is 9. The summed E-state index contributed by atoms with van der Waals surface area (Å²) in [6.45, 7) is 0. The second-order valence-corrected chi connectivity index (χ2v) is 13.1. The first kappa shape index (κ1) is 31.5. The van der Waals surface area contributed by atoms with E-state index in [0.717, 1.165) is 0 Å². The van der Waals surface area contributed by atoms with Gasteiger partial charge in [-0.2, -0.15) is 0 Å². The van der Waals surface area contributed by atoms with E-state index in [0.29, 0.717) is 55.7 Å². The summed E-state index contributed by atoms with van der Waals surface area (Å²) in [4.78, 5) is 0. The van der Waals surface area contributed by atoms with Crippen LogP contribution in [0.3, 0.4) is 0 Å². The Bertz CT molecular complexity index is 2340. The monoisotopic (exact) mass is 680 g/mol. The SMILES string of the molecule is Oc1ccc(C2=C(c3cc(O)cc(O)c3)[C@H](c3ccc(O)cc3)c3c(O)cc(O)cc3C3[C@H](c4ccc(O)cc4)c4c(O)cc(O)cc4[C@@H]23)cc1. The Balaban J connectivity index is 1.62. The molecule has 0 spiro atoms. The van der Waals surface area contributed by atoms with E-state index in [9.17, 15) is 46.0 Å². The molecule has 6 aromatic rings. The molecule has 0 saturated carbocycles. The van der Waals surface area contributed by atoms with Gasteiger partial charge in [0, 0.05) is 53.0 Å². The summed E-state index contributed by atoms with van der Waals surface area (Å²) in [6, 6.07) is 29.3. The molecule has 0 aliphatic heterocycles. The Kier molecular flexibility index (Phi) is 7.23. The lowest BCUT2D eigenvalue weighted by molar-refractivity contribution is 0.440. The molecule has 0 saturated heterocycles. The van der Waals surface area contributed by atoms with Gasteiger partial charge < -0.3 is 46.0 Å². The lowest BCUT2D eigenvalue weighted by Crippen LogP contribution is -2.14. The molecular weight excluding hydrogens is 648 g/mol. The minimum Gasteiger partial charge on any atom is -0.508 e. The summed E-state index contributed by atoms with van der Waals surface area (Å²) in [6.07, 6.45) is 0. The molecule has 6 aromatic carbocycles. The van der Waals surface area contributed by atoms with Crippen molar-refractivity contribution < 1.29 is 46.0 Å². The van der Waals surface area contributed by atoms with Crippen LogP contribution in [-0.2, 0) is 0 Å². The molecule has 0 bridgehead atoms. The van der Waals surface area contributed by atoms with Crippen molar-refractivity contribution in [1.29, 1.82) is 0 Å². The number of aromatic hydroxyl groups is 9. The molecule has 0 heterocycles. The van der Waals surface area contributed by atoms with Gasteiger partial charge in [0.15, 0.2) is 0 Å². The van der Waals surface area contributed by atoms with E-state index < -0.39 is 23.7 Å². The highest BCUT2D eigenvalue weighted by molar-refractivity contribution is 6.01. The summed E-state index contributed by atoms with van der Waals surface area (Å²) in [7, 11) is 0. The number of rotatable bonds is 4. The average molecular weight is 681 g/mol. The number of phenolic OH excluding ortho intramolecular Hbond substituents is 9. The zero-order valence-electron chi connectivity index (χ0n) is 26.8. The van der Waals surface area contributed by atoms with E-state index in [4.69, 9.17) is 0 Å². The van der Waals surface area contributed by atoms with E-state index in [-0.39, 0.29) is 51.7 Å². The molecule has 2 aliphatic rings. The van der Waals surface area contributed by atoms with Crippen LogP contribution in [-0.4, -0.2) is 46.0 Å². The van der Waals surface area contributed by atoms with Crippen molar-refractivity contribution in [2.45, 2.75) is 23.7 Å². The molecule has 0 aromatic heterocycles. The van der Waals surface area contributed by atoms with Crippen LogP contribution < -0.4 is 0 Å². The zero-order chi connectivity index (χ0) is 35.7. The van der Waals surface area contributed by atoms with Crippen LogP contribution in [0.5, 0.6) is 51.7 Å². The van der Waals surface area contributed by atoms with Gasteiger partial charge in [-0.25, -0.2) is 0 Å². The second kappa shape index (κ2) is 11.7. The van der Waals surface area contributed by atoms with Crippen LogP contribution in [0, 0.1) is 0 Å². The van der Waals surface area contributed by atoms with E-state index >= 15 is 0 Å². The molecule has 2 aliphatic carbocycles. The first-order chi connectivity index (χ1) is 24.5. The Labute approximate surface area is 291 Å². The highest BCUT2D eigenvalue weighted by atomic mass is 16.3. The number of hydrogen-bond donors (Lipinski definition) is 9. The van der Waals surface area contributed by atoms with Gasteiger partial charge in [-0.3, -0.25) is 0 Å². The first-order valence-electron chi connectivity index (χ1n) is 16.2. The summed E-state index contributed by atoms with van der Waals surface area (Å²) in [5, 5.41) is 98.5. The van der Waals surface area contributed by atoms with Crippen molar-refractivity contribution in [2.75, 3.05) is 0 Å². The smallest absolute Gasteiger partial charge is 0.123 e. The molecule has 4 atom stereocenters. The molecule has 0 radical (unpaired) electrons. The Morgan fingerprint density at radius 2 is 0.804 bits per heavy atom. The third-order valence-electron chi connectivity index (χ3n) is 10.1. The van der Waals surface area contributed by atoms with Crippen LogP contribution in [0.15, 0.2) is 115 Å². The minimum absolute atomic E-state index is 0.00551. The molecule has 254 valence electrons. The lowest BCUT2D eigenvalue weighted by Gasteiger charge is -2.29. The maximum Gasteiger partial charge on any atom is 0.123 e. The maximum absolute atomic E-state index is 12.0. The minimum atomic E-state index is -0.855. The van der Waals surface area contributed by atoms with Gasteiger partial charge >= 0.3 is 0 Å². The number of benzene rings is 6. The molecule has 9 N–H and O–H groups in total. The summed E-state index contributed by atoms with van der Waals surface area (Å²) in [5.74, 6) is -4.19. The van der Waals surface area contributed by atoms with E-state index in [1.54, 1.807) is 48.5 Å². The zero-order valence-corrected chi connectivity index (χ0v) is 26.8. The van der Waals surface area contributed by atoms with Crippen LogP contribution in [0.1, 0.15) is 68.2 Å². The van der Waals surface area contributed by atoms with Crippen molar-refractivity contribution in [3.05, 3.63) is 160 Å². The molecule has 1 unspecified atom stereocenters. The fourth-order valence-electron chi connectivity index (χ4n) is 8.31. The summed E-state index contributed by atoms with van der Waals surface area (Å²) >= 11 is 0. The molecule has 0 amide bonds. The maximum atomic E-state index is 12.0. The van der Waals surface area contributed by atoms with Crippen LogP contribution in [0.25, 0.3) is 11.1 Å². The van der Waals surface area contributed by atoms with Crippen molar-refractivity contribution in [3.63, 3.8) is 0 Å². The number of hydrogen-bond acceptors (Lipinski definition) is 9. The van der Waals surface area contributed by atoms with Gasteiger partial charge in [-0.15, -0.1) is 0 Å². The highest BCUT2D eigenvalue weighted by Gasteiger charge is 2.51. The van der Waals surface area contributed by atoms with Crippen LogP contribution in [0.2, 0.25) is 0 Å². The van der Waals surface area contributed by atoms with Gasteiger partial charge in [0.1, 0.15) is 51.7 Å². The van der Waals surface area contributed by atoms with Crippen molar-refractivity contribution >= 4 is 11.1 Å². The van der Waals surface area contributed by atoms with Gasteiger partial charge in [0.25, 0.3) is 0 Å². The Hall–Kier alpha value is -6.74. The summed E-state index contributed by atoms with van der Waals surface area (Å²) in [5.41, 5.74) is 5.37. The van der Waals surface area contributed by atoms with Gasteiger partial charge in [0.05, 0.1) is 0 Å². The van der Waals surface area contributed by atoms with Crippen molar-refractivity contribution in [1.82, 2.24) is 0 Å². The van der Waals surface area contributed by atoms with E-state index in [2.05, 4.69) is 0 Å². The molecule has 51 heavy (non-hydrogen) atoms. The fourth-order valence-corrected chi connectivity index (χ4v) is 8.31. The topological polar surface area (TPSA) is 182 Å². The number of allylic oxidation sites excluding steroid dienone is 2. The quantitative estimate of drug-likeness (QED) is 0.0897. The van der Waals surface area contributed by atoms with Crippen molar-refractivity contribution in [2.24, 2.45) is 0 Å². The third-order valence-corrected chi connectivity index (χ3v) is 10.1. The van der Waals surface area contributed by atoms with Gasteiger partial charge in [0.2, 0.25) is 0 Å². The van der Waals surface area contributed by atoms with E-state index in [1.807, 2.05) is 0 Å². The van der Waals surface area contributed by atoms with Crippen molar-refractivity contribution in [3.8, 4) is 51.7 Å². The van der Waals surface area contributed by atoms with Gasteiger partial charge in [-0.05, 0) is 105 Å². The molecular formula is C42H32O9. The molecule has 0 fully saturated rings. The van der Waals surface area contributed by atoms with Crippen LogP contribution >= 0.6 is 0 Å². The molecule has 9 nitrogen and oxygen atoms in total. The molecule has 8 rings (SSSR count). The number of fused-ring (bicyclic) bond motifs is 5. The third kappa shape index (κ3) is 5.18. The highest BCUT2D eigenvalue weighted by Crippen LogP contribution is 2.67. The average Bonchev–Trinajstić information content (AvgIpc) is 3.34. The second-order valence-electron chi connectivity index (χ2n) is 13.1. The molecule has 9 heteroatoms. The normalized spacial score (nSPS) is 19.2. The standard InChI is InChI=1S/C42H32O9/c43-24-7-1-20(2-8-24)35-38(23-13-27(46)15-28(47)14-23)36(21-3-9-25(44)10-4-21)41-32-17-30(49)19-34(51)40(32)37(22-5-11-26(45)12-6-22)42(41)31-16-29(48)18-33(50)39(31)35/h1-19,35,37,41-51H/t35-,37+,41-,42?/m0/s1. The lowest BCUT2D eigenvalue weighted by atomic mass is 9.73. The largest absolute Gasteiger partial charge is 0.508 e. The predicted molar refractivity (Wildman–Crippen MR) is 190 cm³/mol. The Morgan fingerprint density at radius 1 is 0.333 bits per heavy atom. The first-order valence-corrected chi connectivity index (χ1v) is 16.2. The van der Waals surface area contributed by atoms with E-state index in [1.165, 1.54) is 66.7 Å². The Morgan fingerprint density at radius 3 is 1.37 bits per heavy atom. The van der Waals surface area contributed by atoms with Crippen LogP contribution in [0.4, 0.5) is 0 Å². The summed E-state index contributed by atoms with van der Waals surface area (Å²) < 4.78 is 0.